The van der Waals surface area contributed by atoms with Crippen molar-refractivity contribution in [1.29, 1.82) is 0 Å². The highest BCUT2D eigenvalue weighted by atomic mass is 16.5. The highest BCUT2D eigenvalue weighted by Crippen LogP contribution is 2.16. The summed E-state index contributed by atoms with van der Waals surface area (Å²) in [7, 11) is 1.78. The molecular weight excluding hydrogens is 338 g/mol. The second-order valence-corrected chi connectivity index (χ2v) is 6.89. The first-order valence-electron chi connectivity index (χ1n) is 9.00. The number of aromatic nitrogens is 2. The van der Waals surface area contributed by atoms with Crippen LogP contribution in [0.3, 0.4) is 0 Å². The molecule has 5 heteroatoms. The van der Waals surface area contributed by atoms with Crippen molar-refractivity contribution < 1.29 is 9.53 Å². The summed E-state index contributed by atoms with van der Waals surface area (Å²) < 4.78 is 7.54. The third-order valence-corrected chi connectivity index (χ3v) is 4.28. The molecule has 0 aliphatic heterocycles. The standard InChI is InChI=1S/C22H25N3O2/c1-17-9-18(2)11-21(10-17)27-16-22(26)24(3)13-20-12-23-25(15-20)14-19-7-5-4-6-8-19/h4-12,15H,13-14,16H2,1-3H3. The van der Waals surface area contributed by atoms with Gasteiger partial charge in [0.05, 0.1) is 12.7 Å². The molecule has 27 heavy (non-hydrogen) atoms. The van der Waals surface area contributed by atoms with Crippen LogP contribution in [0.1, 0.15) is 22.3 Å². The Hall–Kier alpha value is -3.08. The smallest absolute Gasteiger partial charge is 0.260 e. The Morgan fingerprint density at radius 3 is 2.48 bits per heavy atom. The van der Waals surface area contributed by atoms with Gasteiger partial charge >= 0.3 is 0 Å². The molecule has 2 aromatic carbocycles. The van der Waals surface area contributed by atoms with Crippen molar-refractivity contribution in [1.82, 2.24) is 14.7 Å². The minimum atomic E-state index is -0.0648. The SMILES string of the molecule is Cc1cc(C)cc(OCC(=O)N(C)Cc2cnn(Cc3ccccc3)c2)c1. The fourth-order valence-electron chi connectivity index (χ4n) is 2.98. The second kappa shape index (κ2) is 8.54. The molecule has 0 saturated heterocycles. The fraction of sp³-hybridized carbons (Fsp3) is 0.273. The van der Waals surface area contributed by atoms with E-state index in [1.54, 1.807) is 18.1 Å². The maximum absolute atomic E-state index is 12.4. The Kier molecular flexibility index (Phi) is 5.91. The van der Waals surface area contributed by atoms with Gasteiger partial charge in [0.15, 0.2) is 6.61 Å². The van der Waals surface area contributed by atoms with Crippen LogP contribution in [0.5, 0.6) is 5.75 Å². The molecule has 140 valence electrons. The summed E-state index contributed by atoms with van der Waals surface area (Å²) in [6.07, 6.45) is 3.78. The summed E-state index contributed by atoms with van der Waals surface area (Å²) in [6.45, 7) is 5.28. The van der Waals surface area contributed by atoms with Gasteiger partial charge in [0, 0.05) is 25.4 Å². The molecule has 1 aromatic heterocycles. The molecule has 0 aliphatic rings. The third kappa shape index (κ3) is 5.45. The monoisotopic (exact) mass is 363 g/mol. The van der Waals surface area contributed by atoms with Gasteiger partial charge in [0.2, 0.25) is 0 Å². The van der Waals surface area contributed by atoms with Gasteiger partial charge in [-0.05, 0) is 42.7 Å². The van der Waals surface area contributed by atoms with E-state index in [0.717, 1.165) is 22.4 Å². The maximum Gasteiger partial charge on any atom is 0.260 e. The molecule has 0 saturated carbocycles. The van der Waals surface area contributed by atoms with Gasteiger partial charge in [-0.15, -0.1) is 0 Å². The summed E-state index contributed by atoms with van der Waals surface area (Å²) >= 11 is 0. The molecule has 0 spiro atoms. The van der Waals surface area contributed by atoms with E-state index >= 15 is 0 Å². The predicted molar refractivity (Wildman–Crippen MR) is 106 cm³/mol. The van der Waals surface area contributed by atoms with E-state index < -0.39 is 0 Å². The van der Waals surface area contributed by atoms with Crippen LogP contribution in [0.25, 0.3) is 0 Å². The van der Waals surface area contributed by atoms with Gasteiger partial charge in [-0.25, -0.2) is 0 Å². The number of rotatable bonds is 7. The topological polar surface area (TPSA) is 47.4 Å². The van der Waals surface area contributed by atoms with Crippen LogP contribution < -0.4 is 4.74 Å². The summed E-state index contributed by atoms with van der Waals surface area (Å²) in [6, 6.07) is 16.1. The normalized spacial score (nSPS) is 10.6. The van der Waals surface area contributed by atoms with Gasteiger partial charge in [-0.2, -0.15) is 5.10 Å². The highest BCUT2D eigenvalue weighted by molar-refractivity contribution is 5.77. The van der Waals surface area contributed by atoms with Gasteiger partial charge in [-0.3, -0.25) is 9.48 Å². The van der Waals surface area contributed by atoms with Crippen LogP contribution in [0.2, 0.25) is 0 Å². The Bertz CT molecular complexity index is 883. The average Bonchev–Trinajstić information content (AvgIpc) is 3.06. The fourth-order valence-corrected chi connectivity index (χ4v) is 2.98. The first kappa shape index (κ1) is 18.7. The third-order valence-electron chi connectivity index (χ3n) is 4.28. The lowest BCUT2D eigenvalue weighted by molar-refractivity contribution is -0.132. The lowest BCUT2D eigenvalue weighted by Gasteiger charge is -2.17. The van der Waals surface area contributed by atoms with Gasteiger partial charge in [-0.1, -0.05) is 36.4 Å². The zero-order valence-electron chi connectivity index (χ0n) is 16.1. The molecule has 0 aliphatic carbocycles. The number of likely N-dealkylation sites (N-methyl/N-ethyl adjacent to an activating group) is 1. The van der Waals surface area contributed by atoms with Crippen molar-refractivity contribution in [2.45, 2.75) is 26.9 Å². The molecule has 0 unspecified atom stereocenters. The summed E-state index contributed by atoms with van der Waals surface area (Å²) in [5.74, 6) is 0.662. The van der Waals surface area contributed by atoms with Crippen molar-refractivity contribution in [2.24, 2.45) is 0 Å². The van der Waals surface area contributed by atoms with Crippen LogP contribution in [0.4, 0.5) is 0 Å². The Morgan fingerprint density at radius 1 is 1.07 bits per heavy atom. The van der Waals surface area contributed by atoms with Crippen molar-refractivity contribution in [3.05, 3.63) is 83.2 Å². The molecular formula is C22H25N3O2. The molecule has 0 fully saturated rings. The van der Waals surface area contributed by atoms with E-state index in [0.29, 0.717) is 13.1 Å². The maximum atomic E-state index is 12.4. The van der Waals surface area contributed by atoms with E-state index in [9.17, 15) is 4.79 Å². The molecule has 5 nitrogen and oxygen atoms in total. The number of hydrogen-bond donors (Lipinski definition) is 0. The number of aryl methyl sites for hydroxylation is 2. The molecule has 1 heterocycles. The Labute approximate surface area is 160 Å². The van der Waals surface area contributed by atoms with Crippen LogP contribution in [0, 0.1) is 13.8 Å². The van der Waals surface area contributed by atoms with Crippen LogP contribution in [-0.4, -0.2) is 34.2 Å². The van der Waals surface area contributed by atoms with E-state index in [1.807, 2.05) is 55.1 Å². The van der Waals surface area contributed by atoms with E-state index in [-0.39, 0.29) is 12.5 Å². The van der Waals surface area contributed by atoms with Gasteiger partial charge in [0.25, 0.3) is 5.91 Å². The minimum Gasteiger partial charge on any atom is -0.484 e. The molecule has 0 N–H and O–H groups in total. The number of carbonyl (C=O) groups excluding carboxylic acids is 1. The molecule has 0 radical (unpaired) electrons. The second-order valence-electron chi connectivity index (χ2n) is 6.89. The van der Waals surface area contributed by atoms with Crippen LogP contribution in [0.15, 0.2) is 60.9 Å². The molecule has 3 aromatic rings. The van der Waals surface area contributed by atoms with Crippen molar-refractivity contribution >= 4 is 5.91 Å². The molecule has 0 bridgehead atoms. The Balaban J connectivity index is 1.52. The number of benzene rings is 2. The molecule has 0 atom stereocenters. The van der Waals surface area contributed by atoms with Crippen molar-refractivity contribution in [3.63, 3.8) is 0 Å². The molecule has 1 amide bonds. The van der Waals surface area contributed by atoms with Gasteiger partial charge < -0.3 is 9.64 Å². The lowest BCUT2D eigenvalue weighted by Crippen LogP contribution is -2.30. The zero-order valence-corrected chi connectivity index (χ0v) is 16.1. The number of amides is 1. The van der Waals surface area contributed by atoms with Crippen molar-refractivity contribution in [2.75, 3.05) is 13.7 Å². The van der Waals surface area contributed by atoms with Crippen LogP contribution >= 0.6 is 0 Å². The first-order valence-corrected chi connectivity index (χ1v) is 9.00. The van der Waals surface area contributed by atoms with Crippen LogP contribution in [-0.2, 0) is 17.9 Å². The summed E-state index contributed by atoms with van der Waals surface area (Å²) in [4.78, 5) is 14.0. The molecule has 3 rings (SSSR count). The number of carbonyl (C=O) groups is 1. The quantitative estimate of drug-likeness (QED) is 0.645. The Morgan fingerprint density at radius 2 is 1.78 bits per heavy atom. The number of ether oxygens (including phenoxy) is 1. The largest absolute Gasteiger partial charge is 0.484 e. The van der Waals surface area contributed by atoms with E-state index in [4.69, 9.17) is 4.74 Å². The first-order chi connectivity index (χ1) is 13.0. The predicted octanol–water partition coefficient (Wildman–Crippen LogP) is 3.59. The lowest BCUT2D eigenvalue weighted by atomic mass is 10.1. The minimum absolute atomic E-state index is 0.0253. The summed E-state index contributed by atoms with van der Waals surface area (Å²) in [5.41, 5.74) is 4.43. The zero-order chi connectivity index (χ0) is 19.2. The summed E-state index contributed by atoms with van der Waals surface area (Å²) in [5, 5.41) is 4.38. The van der Waals surface area contributed by atoms with Crippen molar-refractivity contribution in [3.8, 4) is 5.75 Å². The van der Waals surface area contributed by atoms with E-state index in [1.165, 1.54) is 5.56 Å². The van der Waals surface area contributed by atoms with Gasteiger partial charge in [0.1, 0.15) is 5.75 Å². The number of hydrogen-bond acceptors (Lipinski definition) is 3. The van der Waals surface area contributed by atoms with E-state index in [2.05, 4.69) is 23.3 Å². The average molecular weight is 363 g/mol. The number of nitrogens with zero attached hydrogens (tertiary/aromatic N) is 3. The highest BCUT2D eigenvalue weighted by Gasteiger charge is 2.12.